The summed E-state index contributed by atoms with van der Waals surface area (Å²) in [6, 6.07) is 8.46. The molecule has 20 heavy (non-hydrogen) atoms. The number of primary amides is 1. The molecule has 3 N–H and O–H groups in total. The lowest BCUT2D eigenvalue weighted by atomic mass is 9.80. The van der Waals surface area contributed by atoms with Gasteiger partial charge in [-0.3, -0.25) is 0 Å². The Balaban J connectivity index is 1.55. The molecule has 1 aliphatic carbocycles. The van der Waals surface area contributed by atoms with E-state index in [4.69, 9.17) is 5.73 Å². The van der Waals surface area contributed by atoms with Crippen LogP contribution in [-0.2, 0) is 0 Å². The highest BCUT2D eigenvalue weighted by molar-refractivity contribution is 5.87. The summed E-state index contributed by atoms with van der Waals surface area (Å²) in [5.41, 5.74) is 7.28. The average Bonchev–Trinajstić information content (AvgIpc) is 2.38. The highest BCUT2D eigenvalue weighted by atomic mass is 16.2. The fraction of sp³-hybridized carbons (Fsp3) is 0.562. The lowest BCUT2D eigenvalue weighted by Gasteiger charge is -2.42. The van der Waals surface area contributed by atoms with Crippen LogP contribution < -0.4 is 11.1 Å². The number of nitrogens with one attached hydrogen (secondary N) is 1. The quantitative estimate of drug-likeness (QED) is 0.889. The highest BCUT2D eigenvalue weighted by Crippen LogP contribution is 2.36. The maximum absolute atomic E-state index is 10.8. The highest BCUT2D eigenvalue weighted by Gasteiger charge is 2.29. The van der Waals surface area contributed by atoms with Gasteiger partial charge in [0.05, 0.1) is 0 Å². The van der Waals surface area contributed by atoms with Crippen molar-refractivity contribution in [2.75, 3.05) is 18.4 Å². The largest absolute Gasteiger partial charge is 0.351 e. The van der Waals surface area contributed by atoms with Crippen LogP contribution in [-0.4, -0.2) is 30.1 Å². The van der Waals surface area contributed by atoms with Crippen molar-refractivity contribution in [3.8, 4) is 0 Å². The first kappa shape index (κ1) is 13.4. The lowest BCUT2D eigenvalue weighted by Crippen LogP contribution is -2.46. The number of likely N-dealkylation sites (tertiary alicyclic amines) is 1. The topological polar surface area (TPSA) is 58.4 Å². The van der Waals surface area contributed by atoms with Crippen LogP contribution in [0.15, 0.2) is 24.3 Å². The number of rotatable bonds is 3. The Morgan fingerprint density at radius 2 is 1.75 bits per heavy atom. The van der Waals surface area contributed by atoms with Crippen molar-refractivity contribution in [3.63, 3.8) is 0 Å². The molecule has 0 bridgehead atoms. The van der Waals surface area contributed by atoms with Crippen LogP contribution in [0.1, 0.15) is 43.6 Å². The molecule has 3 rings (SSSR count). The van der Waals surface area contributed by atoms with Crippen LogP contribution in [0.5, 0.6) is 0 Å². The van der Waals surface area contributed by atoms with Crippen LogP contribution >= 0.6 is 0 Å². The molecule has 1 aliphatic heterocycles. The Kier molecular flexibility index (Phi) is 3.92. The predicted octanol–water partition coefficient (Wildman–Crippen LogP) is 2.91. The number of anilines is 1. The molecule has 2 fully saturated rings. The molecule has 0 aromatic heterocycles. The summed E-state index contributed by atoms with van der Waals surface area (Å²) in [6.07, 6.45) is 6.60. The van der Waals surface area contributed by atoms with Crippen molar-refractivity contribution in [3.05, 3.63) is 29.8 Å². The van der Waals surface area contributed by atoms with Gasteiger partial charge in [0.15, 0.2) is 0 Å². The van der Waals surface area contributed by atoms with E-state index in [0.717, 1.165) is 11.7 Å². The summed E-state index contributed by atoms with van der Waals surface area (Å²) in [4.78, 5) is 13.4. The predicted molar refractivity (Wildman–Crippen MR) is 80.8 cm³/mol. The van der Waals surface area contributed by atoms with E-state index >= 15 is 0 Å². The van der Waals surface area contributed by atoms with E-state index in [0.29, 0.717) is 5.92 Å². The molecule has 4 nitrogen and oxygen atoms in total. The number of hydrogen-bond acceptors (Lipinski definition) is 2. The summed E-state index contributed by atoms with van der Waals surface area (Å²) < 4.78 is 0. The third-order valence-electron chi connectivity index (χ3n) is 4.75. The molecule has 1 aromatic carbocycles. The van der Waals surface area contributed by atoms with Gasteiger partial charge in [-0.15, -0.1) is 0 Å². The van der Waals surface area contributed by atoms with Crippen LogP contribution in [0, 0.1) is 0 Å². The van der Waals surface area contributed by atoms with Gasteiger partial charge < -0.3 is 16.0 Å². The Bertz CT molecular complexity index is 459. The Morgan fingerprint density at radius 1 is 1.10 bits per heavy atom. The number of urea groups is 1. The van der Waals surface area contributed by atoms with Crippen LogP contribution in [0.25, 0.3) is 0 Å². The number of carbonyl (C=O) groups is 1. The summed E-state index contributed by atoms with van der Waals surface area (Å²) in [7, 11) is 0. The van der Waals surface area contributed by atoms with E-state index < -0.39 is 6.03 Å². The van der Waals surface area contributed by atoms with E-state index in [9.17, 15) is 4.79 Å². The third kappa shape index (κ3) is 2.96. The lowest BCUT2D eigenvalue weighted by molar-refractivity contribution is 0.0869. The van der Waals surface area contributed by atoms with E-state index in [1.54, 1.807) is 0 Å². The second kappa shape index (κ2) is 5.83. The van der Waals surface area contributed by atoms with E-state index in [2.05, 4.69) is 22.3 Å². The van der Waals surface area contributed by atoms with Crippen molar-refractivity contribution in [1.82, 2.24) is 4.90 Å². The maximum atomic E-state index is 10.8. The van der Waals surface area contributed by atoms with Crippen LogP contribution in [0.4, 0.5) is 10.5 Å². The first-order chi connectivity index (χ1) is 9.72. The normalized spacial score (nSPS) is 26.8. The Labute approximate surface area is 120 Å². The molecule has 108 valence electrons. The third-order valence-corrected chi connectivity index (χ3v) is 4.75. The number of nitrogens with zero attached hydrogens (tertiary/aromatic N) is 1. The second-order valence-corrected chi connectivity index (χ2v) is 6.01. The van der Waals surface area contributed by atoms with Crippen molar-refractivity contribution in [1.29, 1.82) is 0 Å². The van der Waals surface area contributed by atoms with Crippen molar-refractivity contribution in [2.45, 2.75) is 44.1 Å². The first-order valence-corrected chi connectivity index (χ1v) is 7.63. The molecule has 0 spiro atoms. The summed E-state index contributed by atoms with van der Waals surface area (Å²) in [6.45, 7) is 2.62. The molecular weight excluding hydrogens is 250 g/mol. The van der Waals surface area contributed by atoms with Crippen LogP contribution in [0.2, 0.25) is 0 Å². The van der Waals surface area contributed by atoms with Gasteiger partial charge in [-0.1, -0.05) is 12.1 Å². The molecule has 4 heteroatoms. The molecule has 0 atom stereocenters. The molecule has 0 radical (unpaired) electrons. The Morgan fingerprint density at radius 3 is 2.25 bits per heavy atom. The molecule has 1 heterocycles. The number of carbonyl (C=O) groups excluding carboxylic acids is 1. The molecular formula is C16H23N3O. The summed E-state index contributed by atoms with van der Waals surface area (Å²) in [5.74, 6) is 0.676. The van der Waals surface area contributed by atoms with Crippen LogP contribution in [0.3, 0.4) is 0 Å². The molecule has 1 aromatic rings. The minimum Gasteiger partial charge on any atom is -0.351 e. The molecule has 2 aliphatic rings. The zero-order valence-electron chi connectivity index (χ0n) is 11.8. The van der Waals surface area contributed by atoms with Gasteiger partial charge in [0, 0.05) is 11.7 Å². The van der Waals surface area contributed by atoms with Crippen molar-refractivity contribution < 1.29 is 4.79 Å². The van der Waals surface area contributed by atoms with Gasteiger partial charge in [0.1, 0.15) is 0 Å². The van der Waals surface area contributed by atoms with Gasteiger partial charge in [0.2, 0.25) is 0 Å². The Hall–Kier alpha value is -1.55. The average molecular weight is 273 g/mol. The monoisotopic (exact) mass is 273 g/mol. The van der Waals surface area contributed by atoms with E-state index in [-0.39, 0.29) is 0 Å². The fourth-order valence-corrected chi connectivity index (χ4v) is 3.46. The van der Waals surface area contributed by atoms with Gasteiger partial charge in [-0.2, -0.15) is 0 Å². The van der Waals surface area contributed by atoms with Crippen molar-refractivity contribution in [2.24, 2.45) is 5.73 Å². The van der Waals surface area contributed by atoms with Gasteiger partial charge in [-0.25, -0.2) is 4.79 Å². The summed E-state index contributed by atoms with van der Waals surface area (Å²) in [5, 5.41) is 2.60. The summed E-state index contributed by atoms with van der Waals surface area (Å²) >= 11 is 0. The minimum atomic E-state index is -0.507. The van der Waals surface area contributed by atoms with Gasteiger partial charge >= 0.3 is 6.03 Å². The zero-order valence-corrected chi connectivity index (χ0v) is 11.8. The second-order valence-electron chi connectivity index (χ2n) is 6.01. The van der Waals surface area contributed by atoms with Gasteiger partial charge in [0.25, 0.3) is 0 Å². The minimum absolute atomic E-state index is 0.507. The first-order valence-electron chi connectivity index (χ1n) is 7.63. The number of nitrogens with two attached hydrogens (primary N) is 1. The standard InChI is InChI=1S/C16H23N3O/c17-16(20)18-14-6-2-12(3-7-14)13-4-8-15(9-5-13)19-10-1-11-19/h2-3,6-7,13,15H,1,4-5,8-11H2,(H3,17,18,20). The molecule has 2 amide bonds. The number of benzene rings is 1. The molecule has 1 saturated carbocycles. The van der Waals surface area contributed by atoms with Gasteiger partial charge in [-0.05, 0) is 68.8 Å². The zero-order chi connectivity index (χ0) is 13.9. The maximum Gasteiger partial charge on any atom is 0.316 e. The van der Waals surface area contributed by atoms with E-state index in [1.807, 2.05) is 12.1 Å². The molecule has 0 unspecified atom stereocenters. The fourth-order valence-electron chi connectivity index (χ4n) is 3.46. The van der Waals surface area contributed by atoms with E-state index in [1.165, 1.54) is 50.8 Å². The number of amides is 2. The SMILES string of the molecule is NC(=O)Nc1ccc(C2CCC(N3CCC3)CC2)cc1. The molecule has 1 saturated heterocycles. The smallest absolute Gasteiger partial charge is 0.316 e. The van der Waals surface area contributed by atoms with Crippen molar-refractivity contribution >= 4 is 11.7 Å². The number of hydrogen-bond donors (Lipinski definition) is 2.